The maximum Gasteiger partial charge on any atom is 0.410 e. The van der Waals surface area contributed by atoms with E-state index in [4.69, 9.17) is 4.74 Å². The number of ether oxygens (including phenoxy) is 1. The standard InChI is InChI=1S/C22H25F3N4O3S/c1-2-32-21(31)18-12-5-3-4-6-15(12)33-20(18)27-19(30)14-10-17-26-13(11-7-8-11)9-16(22(23,24)25)29(17)28-14/h10-11,13,16,26H,2-9H2,1H3,(H,27,30)/t13-,16+/m1/s1. The van der Waals surface area contributed by atoms with Gasteiger partial charge in [0.05, 0.1) is 12.2 Å². The number of alkyl halides is 3. The molecule has 2 aromatic rings. The number of thiophene rings is 1. The van der Waals surface area contributed by atoms with Gasteiger partial charge in [-0.25, -0.2) is 9.48 Å². The maximum absolute atomic E-state index is 13.7. The van der Waals surface area contributed by atoms with Crippen LogP contribution in [0.4, 0.5) is 24.0 Å². The van der Waals surface area contributed by atoms with Gasteiger partial charge in [0.15, 0.2) is 11.7 Å². The molecule has 7 nitrogen and oxygen atoms in total. The first-order valence-electron chi connectivity index (χ1n) is 11.3. The summed E-state index contributed by atoms with van der Waals surface area (Å²) in [4.78, 5) is 26.7. The highest BCUT2D eigenvalue weighted by atomic mass is 32.1. The van der Waals surface area contributed by atoms with Crippen molar-refractivity contribution in [1.82, 2.24) is 9.78 Å². The van der Waals surface area contributed by atoms with Gasteiger partial charge in [0.2, 0.25) is 0 Å². The number of nitrogens with zero attached hydrogens (tertiary/aromatic N) is 2. The zero-order chi connectivity index (χ0) is 23.3. The van der Waals surface area contributed by atoms with Crippen LogP contribution in [0.15, 0.2) is 6.07 Å². The molecule has 3 aliphatic rings. The number of aryl methyl sites for hydroxylation is 1. The van der Waals surface area contributed by atoms with E-state index < -0.39 is 24.1 Å². The van der Waals surface area contributed by atoms with E-state index in [1.165, 1.54) is 17.4 Å². The summed E-state index contributed by atoms with van der Waals surface area (Å²) in [6.45, 7) is 1.92. The number of aromatic nitrogens is 2. The van der Waals surface area contributed by atoms with Gasteiger partial charge in [0.1, 0.15) is 10.8 Å². The summed E-state index contributed by atoms with van der Waals surface area (Å²) in [6.07, 6.45) is 0.748. The van der Waals surface area contributed by atoms with E-state index in [0.29, 0.717) is 10.6 Å². The van der Waals surface area contributed by atoms with Gasteiger partial charge in [-0.3, -0.25) is 4.79 Å². The van der Waals surface area contributed by atoms with E-state index in [1.54, 1.807) is 6.92 Å². The first-order valence-corrected chi connectivity index (χ1v) is 12.1. The highest BCUT2D eigenvalue weighted by molar-refractivity contribution is 7.17. The number of rotatable bonds is 5. The summed E-state index contributed by atoms with van der Waals surface area (Å²) in [5, 5.41) is 10.2. The second-order valence-electron chi connectivity index (χ2n) is 8.83. The zero-order valence-electron chi connectivity index (χ0n) is 18.1. The SMILES string of the molecule is CCOC(=O)c1c(NC(=O)c2cc3n(n2)[C@H](C(F)(F)F)C[C@H](C2CC2)N3)sc2c1CCCC2. The smallest absolute Gasteiger partial charge is 0.410 e. The van der Waals surface area contributed by atoms with Crippen LogP contribution in [0.5, 0.6) is 0 Å². The Labute approximate surface area is 192 Å². The molecule has 2 N–H and O–H groups in total. The van der Waals surface area contributed by atoms with Crippen molar-refractivity contribution < 1.29 is 27.5 Å². The summed E-state index contributed by atoms with van der Waals surface area (Å²) in [5.41, 5.74) is 1.13. The van der Waals surface area contributed by atoms with Crippen LogP contribution < -0.4 is 10.6 Å². The van der Waals surface area contributed by atoms with Crippen molar-refractivity contribution >= 4 is 34.0 Å². The normalized spacial score (nSPS) is 22.2. The molecule has 1 amide bonds. The van der Waals surface area contributed by atoms with Crippen LogP contribution >= 0.6 is 11.3 Å². The molecule has 0 unspecified atom stereocenters. The number of hydrogen-bond acceptors (Lipinski definition) is 6. The predicted molar refractivity (Wildman–Crippen MR) is 117 cm³/mol. The minimum atomic E-state index is -4.46. The number of amides is 1. The van der Waals surface area contributed by atoms with Gasteiger partial charge in [-0.1, -0.05) is 0 Å². The largest absolute Gasteiger partial charge is 0.462 e. The highest BCUT2D eigenvalue weighted by Crippen LogP contribution is 2.46. The summed E-state index contributed by atoms with van der Waals surface area (Å²) in [7, 11) is 0. The van der Waals surface area contributed by atoms with Gasteiger partial charge in [0, 0.05) is 17.0 Å². The van der Waals surface area contributed by atoms with Crippen molar-refractivity contribution in [3.63, 3.8) is 0 Å². The van der Waals surface area contributed by atoms with Gasteiger partial charge in [-0.15, -0.1) is 11.3 Å². The third-order valence-electron chi connectivity index (χ3n) is 6.52. The zero-order valence-corrected chi connectivity index (χ0v) is 18.9. The van der Waals surface area contributed by atoms with Crippen LogP contribution in [0.1, 0.15) is 76.4 Å². The summed E-state index contributed by atoms with van der Waals surface area (Å²) in [6, 6.07) is -0.693. The van der Waals surface area contributed by atoms with Crippen molar-refractivity contribution in [3.05, 3.63) is 27.8 Å². The minimum absolute atomic E-state index is 0.103. The Morgan fingerprint density at radius 2 is 2.06 bits per heavy atom. The average Bonchev–Trinajstić information content (AvgIpc) is 3.41. The number of fused-ring (bicyclic) bond motifs is 2. The van der Waals surface area contributed by atoms with Crippen molar-refractivity contribution in [3.8, 4) is 0 Å². The fourth-order valence-corrected chi connectivity index (χ4v) is 6.03. The van der Waals surface area contributed by atoms with Crippen molar-refractivity contribution in [2.45, 2.75) is 70.1 Å². The molecule has 2 aliphatic carbocycles. The molecule has 2 atom stereocenters. The van der Waals surface area contributed by atoms with Crippen LogP contribution in [0.25, 0.3) is 0 Å². The molecule has 1 saturated carbocycles. The molecule has 0 aromatic carbocycles. The molecule has 33 heavy (non-hydrogen) atoms. The van der Waals surface area contributed by atoms with E-state index in [-0.39, 0.29) is 36.5 Å². The molecule has 3 heterocycles. The molecule has 0 saturated heterocycles. The molecule has 0 spiro atoms. The number of halogens is 3. The van der Waals surface area contributed by atoms with Crippen molar-refractivity contribution in [2.24, 2.45) is 5.92 Å². The van der Waals surface area contributed by atoms with E-state index in [1.807, 2.05) is 0 Å². The van der Waals surface area contributed by atoms with Crippen molar-refractivity contribution in [1.29, 1.82) is 0 Å². The Morgan fingerprint density at radius 3 is 2.76 bits per heavy atom. The van der Waals surface area contributed by atoms with Crippen LogP contribution in [-0.4, -0.2) is 40.5 Å². The monoisotopic (exact) mass is 482 g/mol. The third kappa shape index (κ3) is 4.22. The molecular weight excluding hydrogens is 457 g/mol. The summed E-state index contributed by atoms with van der Waals surface area (Å²) >= 11 is 1.33. The number of esters is 1. The van der Waals surface area contributed by atoms with E-state index >= 15 is 0 Å². The third-order valence-corrected chi connectivity index (χ3v) is 7.73. The van der Waals surface area contributed by atoms with Gasteiger partial charge in [-0.2, -0.15) is 18.3 Å². The first-order chi connectivity index (χ1) is 15.8. The Kier molecular flexibility index (Phi) is 5.62. The molecule has 0 radical (unpaired) electrons. The Hall–Kier alpha value is -2.56. The topological polar surface area (TPSA) is 85.2 Å². The molecule has 178 valence electrons. The van der Waals surface area contributed by atoms with Crippen LogP contribution in [0, 0.1) is 5.92 Å². The molecule has 2 aromatic heterocycles. The lowest BCUT2D eigenvalue weighted by molar-refractivity contribution is -0.174. The first kappa shape index (κ1) is 22.2. The van der Waals surface area contributed by atoms with Crippen LogP contribution in [0.2, 0.25) is 0 Å². The van der Waals surface area contributed by atoms with E-state index in [0.717, 1.165) is 53.6 Å². The lowest BCUT2D eigenvalue weighted by atomic mass is 9.95. The molecule has 11 heteroatoms. The van der Waals surface area contributed by atoms with Crippen LogP contribution in [-0.2, 0) is 17.6 Å². The molecule has 5 rings (SSSR count). The van der Waals surface area contributed by atoms with Gasteiger partial charge in [0.25, 0.3) is 5.91 Å². The maximum atomic E-state index is 13.7. The van der Waals surface area contributed by atoms with Gasteiger partial charge < -0.3 is 15.4 Å². The fourth-order valence-electron chi connectivity index (χ4n) is 4.76. The Morgan fingerprint density at radius 1 is 1.30 bits per heavy atom. The Balaban J connectivity index is 1.44. The lowest BCUT2D eigenvalue weighted by Crippen LogP contribution is -2.40. The average molecular weight is 483 g/mol. The van der Waals surface area contributed by atoms with Gasteiger partial charge >= 0.3 is 12.1 Å². The Bertz CT molecular complexity index is 1090. The van der Waals surface area contributed by atoms with E-state index in [9.17, 15) is 22.8 Å². The number of nitrogens with one attached hydrogen (secondary N) is 2. The van der Waals surface area contributed by atoms with Crippen LogP contribution in [0.3, 0.4) is 0 Å². The molecule has 1 aliphatic heterocycles. The number of hydrogen-bond donors (Lipinski definition) is 2. The molecular formula is C22H25F3N4O3S. The summed E-state index contributed by atoms with van der Waals surface area (Å²) in [5.74, 6) is -0.726. The highest BCUT2D eigenvalue weighted by Gasteiger charge is 2.49. The van der Waals surface area contributed by atoms with Crippen molar-refractivity contribution in [2.75, 3.05) is 17.2 Å². The predicted octanol–water partition coefficient (Wildman–Crippen LogP) is 4.95. The number of carbonyl (C=O) groups is 2. The minimum Gasteiger partial charge on any atom is -0.462 e. The molecule has 0 bridgehead atoms. The number of anilines is 2. The molecule has 1 fully saturated rings. The quantitative estimate of drug-likeness (QED) is 0.589. The second-order valence-corrected chi connectivity index (χ2v) is 9.94. The second kappa shape index (κ2) is 8.34. The lowest BCUT2D eigenvalue weighted by Gasteiger charge is -2.33. The summed E-state index contributed by atoms with van der Waals surface area (Å²) < 4.78 is 47.3. The van der Waals surface area contributed by atoms with Gasteiger partial charge in [-0.05, 0) is 63.4 Å². The van der Waals surface area contributed by atoms with E-state index in [2.05, 4.69) is 15.7 Å². The fraction of sp³-hybridized carbons (Fsp3) is 0.591. The number of carbonyl (C=O) groups excluding carboxylic acids is 2.